The molecule has 0 aliphatic heterocycles. The van der Waals surface area contributed by atoms with E-state index in [4.69, 9.17) is 4.42 Å². The number of nitrogens with zero attached hydrogens (tertiary/aromatic N) is 4. The van der Waals surface area contributed by atoms with Crippen LogP contribution in [-0.2, 0) is 13.1 Å². The molecular weight excluding hydrogens is 276 g/mol. The van der Waals surface area contributed by atoms with E-state index in [1.54, 1.807) is 12.5 Å². The second kappa shape index (κ2) is 7.96. The smallest absolute Gasteiger partial charge is 0.117 e. The van der Waals surface area contributed by atoms with E-state index in [2.05, 4.69) is 42.5 Å². The van der Waals surface area contributed by atoms with E-state index >= 15 is 0 Å². The molecule has 0 saturated heterocycles. The highest BCUT2D eigenvalue weighted by Gasteiger charge is 2.12. The van der Waals surface area contributed by atoms with E-state index in [0.717, 1.165) is 44.1 Å². The van der Waals surface area contributed by atoms with Crippen molar-refractivity contribution >= 4 is 6.20 Å². The summed E-state index contributed by atoms with van der Waals surface area (Å²) in [6.45, 7) is 9.65. The molecule has 0 spiro atoms. The molecule has 0 aliphatic rings. The Bertz CT molecular complexity index is 572. The number of rotatable bonds is 9. The minimum atomic E-state index is 0.819. The predicted octanol–water partition coefficient (Wildman–Crippen LogP) is 2.84. The minimum Gasteiger partial charge on any atom is -0.468 e. The van der Waals surface area contributed by atoms with Crippen molar-refractivity contribution in [3.63, 3.8) is 0 Å². The van der Waals surface area contributed by atoms with Crippen LogP contribution in [0, 0.1) is 6.92 Å². The average molecular weight is 302 g/mol. The Hall–Kier alpha value is -1.85. The predicted molar refractivity (Wildman–Crippen MR) is 89.3 cm³/mol. The SMILES string of the molecule is C=Cn1ncc(CN(CCCN(C)C)Cc2ccco2)c1C. The second-order valence-electron chi connectivity index (χ2n) is 5.83. The van der Waals surface area contributed by atoms with Crippen LogP contribution < -0.4 is 0 Å². The number of aromatic nitrogens is 2. The third kappa shape index (κ3) is 4.58. The molecule has 0 bridgehead atoms. The van der Waals surface area contributed by atoms with Gasteiger partial charge in [-0.1, -0.05) is 6.58 Å². The van der Waals surface area contributed by atoms with Crippen LogP contribution in [0.3, 0.4) is 0 Å². The van der Waals surface area contributed by atoms with Gasteiger partial charge in [-0.15, -0.1) is 0 Å². The Labute approximate surface area is 132 Å². The summed E-state index contributed by atoms with van der Waals surface area (Å²) in [6.07, 6.45) is 6.52. The molecular formula is C17H26N4O. The van der Waals surface area contributed by atoms with Gasteiger partial charge in [-0.3, -0.25) is 4.90 Å². The lowest BCUT2D eigenvalue weighted by Gasteiger charge is -2.22. The van der Waals surface area contributed by atoms with E-state index in [1.165, 1.54) is 5.56 Å². The second-order valence-corrected chi connectivity index (χ2v) is 5.83. The van der Waals surface area contributed by atoms with E-state index in [9.17, 15) is 0 Å². The molecule has 0 radical (unpaired) electrons. The third-order valence-corrected chi connectivity index (χ3v) is 3.75. The van der Waals surface area contributed by atoms with Crippen molar-refractivity contribution in [1.29, 1.82) is 0 Å². The lowest BCUT2D eigenvalue weighted by atomic mass is 10.2. The Morgan fingerprint density at radius 1 is 1.32 bits per heavy atom. The van der Waals surface area contributed by atoms with Crippen LogP contribution in [0.5, 0.6) is 0 Å². The molecule has 22 heavy (non-hydrogen) atoms. The van der Waals surface area contributed by atoms with Crippen LogP contribution >= 0.6 is 0 Å². The maximum atomic E-state index is 5.50. The van der Waals surface area contributed by atoms with Crippen LogP contribution in [0.25, 0.3) is 6.20 Å². The first-order valence-corrected chi connectivity index (χ1v) is 7.65. The summed E-state index contributed by atoms with van der Waals surface area (Å²) in [5, 5.41) is 4.33. The Balaban J connectivity index is 2.02. The van der Waals surface area contributed by atoms with Crippen molar-refractivity contribution in [2.45, 2.75) is 26.4 Å². The van der Waals surface area contributed by atoms with Crippen molar-refractivity contribution in [3.8, 4) is 0 Å². The van der Waals surface area contributed by atoms with Crippen molar-refractivity contribution in [3.05, 3.63) is 48.2 Å². The molecule has 5 heteroatoms. The topological polar surface area (TPSA) is 37.4 Å². The van der Waals surface area contributed by atoms with Crippen molar-refractivity contribution in [1.82, 2.24) is 19.6 Å². The fourth-order valence-corrected chi connectivity index (χ4v) is 2.49. The number of furan rings is 1. The zero-order valence-corrected chi connectivity index (χ0v) is 13.8. The van der Waals surface area contributed by atoms with Crippen molar-refractivity contribution < 1.29 is 4.42 Å². The molecule has 2 aromatic heterocycles. The molecule has 0 fully saturated rings. The lowest BCUT2D eigenvalue weighted by molar-refractivity contribution is 0.222. The van der Waals surface area contributed by atoms with Crippen LogP contribution in [0.4, 0.5) is 0 Å². The van der Waals surface area contributed by atoms with Gasteiger partial charge in [0.25, 0.3) is 0 Å². The fourth-order valence-electron chi connectivity index (χ4n) is 2.49. The van der Waals surface area contributed by atoms with E-state index in [1.807, 2.05) is 23.0 Å². The molecule has 0 N–H and O–H groups in total. The molecule has 0 amide bonds. The summed E-state index contributed by atoms with van der Waals surface area (Å²) in [4.78, 5) is 4.62. The van der Waals surface area contributed by atoms with Gasteiger partial charge in [0, 0.05) is 30.5 Å². The van der Waals surface area contributed by atoms with Gasteiger partial charge in [0.1, 0.15) is 5.76 Å². The molecule has 0 aromatic carbocycles. The summed E-state index contributed by atoms with van der Waals surface area (Å²) in [7, 11) is 4.21. The molecule has 2 rings (SSSR count). The zero-order chi connectivity index (χ0) is 15.9. The molecule has 0 aliphatic carbocycles. The van der Waals surface area contributed by atoms with Gasteiger partial charge in [0.15, 0.2) is 0 Å². The molecule has 5 nitrogen and oxygen atoms in total. The minimum absolute atomic E-state index is 0.819. The van der Waals surface area contributed by atoms with Crippen LogP contribution in [0.2, 0.25) is 0 Å². The third-order valence-electron chi connectivity index (χ3n) is 3.75. The van der Waals surface area contributed by atoms with Gasteiger partial charge in [-0.25, -0.2) is 4.68 Å². The fraction of sp³-hybridized carbons (Fsp3) is 0.471. The molecule has 0 atom stereocenters. The molecule has 2 aromatic rings. The molecule has 2 heterocycles. The Kier molecular flexibility index (Phi) is 5.98. The summed E-state index contributed by atoms with van der Waals surface area (Å²) in [5.74, 6) is 0.999. The van der Waals surface area contributed by atoms with Gasteiger partial charge in [0.05, 0.1) is 19.0 Å². The number of hydrogen-bond donors (Lipinski definition) is 0. The van der Waals surface area contributed by atoms with Gasteiger partial charge in [-0.05, 0) is 46.1 Å². The standard InChI is InChI=1S/C17H26N4O/c1-5-21-15(2)16(12-18-21)13-20(10-7-9-19(3)4)14-17-8-6-11-22-17/h5-6,8,11-12H,1,7,9-10,13-14H2,2-4H3. The first-order chi connectivity index (χ1) is 10.6. The Morgan fingerprint density at radius 2 is 2.14 bits per heavy atom. The van der Waals surface area contributed by atoms with E-state index in [0.29, 0.717) is 0 Å². The highest BCUT2D eigenvalue weighted by molar-refractivity contribution is 5.26. The van der Waals surface area contributed by atoms with Crippen molar-refractivity contribution in [2.24, 2.45) is 0 Å². The normalized spacial score (nSPS) is 11.5. The maximum absolute atomic E-state index is 5.50. The van der Waals surface area contributed by atoms with Crippen LogP contribution in [-0.4, -0.2) is 46.8 Å². The first-order valence-electron chi connectivity index (χ1n) is 7.65. The molecule has 0 saturated carbocycles. The summed E-state index contributed by atoms with van der Waals surface area (Å²) in [5.41, 5.74) is 2.38. The zero-order valence-electron chi connectivity index (χ0n) is 13.8. The van der Waals surface area contributed by atoms with Gasteiger partial charge in [0.2, 0.25) is 0 Å². The maximum Gasteiger partial charge on any atom is 0.117 e. The molecule has 120 valence electrons. The molecule has 0 unspecified atom stereocenters. The van der Waals surface area contributed by atoms with Gasteiger partial charge in [-0.2, -0.15) is 5.10 Å². The summed E-state index contributed by atoms with van der Waals surface area (Å²) in [6, 6.07) is 3.97. The van der Waals surface area contributed by atoms with E-state index in [-0.39, 0.29) is 0 Å². The van der Waals surface area contributed by atoms with Gasteiger partial charge >= 0.3 is 0 Å². The van der Waals surface area contributed by atoms with Crippen LogP contribution in [0.1, 0.15) is 23.4 Å². The largest absolute Gasteiger partial charge is 0.468 e. The van der Waals surface area contributed by atoms with Crippen LogP contribution in [0.15, 0.2) is 35.6 Å². The van der Waals surface area contributed by atoms with E-state index < -0.39 is 0 Å². The first kappa shape index (κ1) is 16.5. The van der Waals surface area contributed by atoms with Gasteiger partial charge < -0.3 is 9.32 Å². The quantitative estimate of drug-likeness (QED) is 0.714. The Morgan fingerprint density at radius 3 is 2.73 bits per heavy atom. The summed E-state index contributed by atoms with van der Waals surface area (Å²) < 4.78 is 7.32. The lowest BCUT2D eigenvalue weighted by Crippen LogP contribution is -2.26. The number of hydrogen-bond acceptors (Lipinski definition) is 4. The monoisotopic (exact) mass is 302 g/mol. The highest BCUT2D eigenvalue weighted by atomic mass is 16.3. The van der Waals surface area contributed by atoms with Crippen molar-refractivity contribution in [2.75, 3.05) is 27.2 Å². The highest BCUT2D eigenvalue weighted by Crippen LogP contribution is 2.14. The summed E-state index contributed by atoms with van der Waals surface area (Å²) >= 11 is 0. The average Bonchev–Trinajstić information content (AvgIpc) is 3.09.